The van der Waals surface area contributed by atoms with E-state index in [0.29, 0.717) is 13.0 Å². The van der Waals surface area contributed by atoms with E-state index in [1.807, 2.05) is 60.8 Å². The highest BCUT2D eigenvalue weighted by Gasteiger charge is 2.34. The summed E-state index contributed by atoms with van der Waals surface area (Å²) in [5, 5.41) is 6.80. The summed E-state index contributed by atoms with van der Waals surface area (Å²) in [5.41, 5.74) is 2.44. The molecule has 3 N–H and O–H groups in total. The number of para-hydroxylation sites is 1. The van der Waals surface area contributed by atoms with E-state index in [1.54, 1.807) is 4.90 Å². The monoisotopic (exact) mass is 348 g/mol. The molecule has 2 heterocycles. The molecule has 1 aliphatic heterocycles. The van der Waals surface area contributed by atoms with E-state index in [-0.39, 0.29) is 11.9 Å². The number of hydrogen-bond acceptors (Lipinski definition) is 2. The summed E-state index contributed by atoms with van der Waals surface area (Å²) >= 11 is 0. The topological polar surface area (TPSA) is 77.2 Å². The number of nitrogens with zero attached hydrogens (tertiary/aromatic N) is 1. The number of carbonyl (C=O) groups excluding carboxylic acids is 2. The number of fused-ring (bicyclic) bond motifs is 1. The third kappa shape index (κ3) is 3.13. The van der Waals surface area contributed by atoms with E-state index in [4.69, 9.17) is 0 Å². The van der Waals surface area contributed by atoms with Crippen LogP contribution in [-0.4, -0.2) is 34.4 Å². The van der Waals surface area contributed by atoms with Crippen LogP contribution in [0.5, 0.6) is 0 Å². The number of urea groups is 1. The van der Waals surface area contributed by atoms with Crippen LogP contribution in [0.1, 0.15) is 12.8 Å². The molecule has 1 aliphatic rings. The Morgan fingerprint density at radius 1 is 1.00 bits per heavy atom. The normalized spacial score (nSPS) is 16.6. The summed E-state index contributed by atoms with van der Waals surface area (Å²) in [6.45, 7) is 0.575. The standard InChI is InChI=1S/C20H20N4O2/c25-19(23-17-9-4-8-16-15(17)11-12-21-16)18-10-5-13-24(18)20(26)22-14-6-2-1-3-7-14/h1-4,6-9,11-12,18,21H,5,10,13H2,(H,22,26)(H,23,25). The zero-order valence-electron chi connectivity index (χ0n) is 14.2. The lowest BCUT2D eigenvalue weighted by molar-refractivity contribution is -0.119. The minimum atomic E-state index is -0.465. The van der Waals surface area contributed by atoms with Crippen molar-refractivity contribution in [3.8, 4) is 0 Å². The van der Waals surface area contributed by atoms with E-state index < -0.39 is 6.04 Å². The highest BCUT2D eigenvalue weighted by atomic mass is 16.2. The van der Waals surface area contributed by atoms with Crippen LogP contribution >= 0.6 is 0 Å². The van der Waals surface area contributed by atoms with Crippen LogP contribution in [0.3, 0.4) is 0 Å². The van der Waals surface area contributed by atoms with E-state index >= 15 is 0 Å². The lowest BCUT2D eigenvalue weighted by Gasteiger charge is -2.24. The van der Waals surface area contributed by atoms with Crippen molar-refractivity contribution in [3.63, 3.8) is 0 Å². The Kier molecular flexibility index (Phi) is 4.31. The van der Waals surface area contributed by atoms with Gasteiger partial charge in [0.1, 0.15) is 6.04 Å². The summed E-state index contributed by atoms with van der Waals surface area (Å²) in [4.78, 5) is 30.1. The van der Waals surface area contributed by atoms with Crippen molar-refractivity contribution in [2.45, 2.75) is 18.9 Å². The predicted octanol–water partition coefficient (Wildman–Crippen LogP) is 3.80. The first-order chi connectivity index (χ1) is 12.7. The molecule has 6 heteroatoms. The summed E-state index contributed by atoms with van der Waals surface area (Å²) in [6.07, 6.45) is 3.32. The molecule has 6 nitrogen and oxygen atoms in total. The largest absolute Gasteiger partial charge is 0.361 e. The number of rotatable bonds is 3. The second-order valence-corrected chi connectivity index (χ2v) is 6.38. The van der Waals surface area contributed by atoms with E-state index in [1.165, 1.54) is 0 Å². The summed E-state index contributed by atoms with van der Waals surface area (Å²) in [6, 6.07) is 16.2. The van der Waals surface area contributed by atoms with Crippen LogP contribution < -0.4 is 10.6 Å². The quantitative estimate of drug-likeness (QED) is 0.673. The molecule has 1 unspecified atom stereocenters. The van der Waals surface area contributed by atoms with Gasteiger partial charge < -0.3 is 20.5 Å². The number of aromatic amines is 1. The Morgan fingerprint density at radius 2 is 1.85 bits per heavy atom. The molecule has 0 radical (unpaired) electrons. The number of aromatic nitrogens is 1. The van der Waals surface area contributed by atoms with E-state index in [9.17, 15) is 9.59 Å². The molecule has 0 saturated carbocycles. The van der Waals surface area contributed by atoms with Crippen molar-refractivity contribution in [1.82, 2.24) is 9.88 Å². The fourth-order valence-electron chi connectivity index (χ4n) is 3.41. The Bertz CT molecular complexity index is 935. The van der Waals surface area contributed by atoms with Crippen molar-refractivity contribution >= 4 is 34.2 Å². The maximum atomic E-state index is 12.8. The predicted molar refractivity (Wildman–Crippen MR) is 102 cm³/mol. The lowest BCUT2D eigenvalue weighted by atomic mass is 10.1. The number of hydrogen-bond donors (Lipinski definition) is 3. The second kappa shape index (κ2) is 6.92. The third-order valence-corrected chi connectivity index (χ3v) is 4.69. The van der Waals surface area contributed by atoms with Gasteiger partial charge >= 0.3 is 6.03 Å². The van der Waals surface area contributed by atoms with Crippen LogP contribution in [0, 0.1) is 0 Å². The van der Waals surface area contributed by atoms with Gasteiger partial charge in [0, 0.05) is 29.3 Å². The van der Waals surface area contributed by atoms with Gasteiger partial charge in [-0.2, -0.15) is 0 Å². The number of carbonyl (C=O) groups is 2. The average molecular weight is 348 g/mol. The lowest BCUT2D eigenvalue weighted by Crippen LogP contribution is -2.45. The van der Waals surface area contributed by atoms with Crippen LogP contribution in [0.4, 0.5) is 16.2 Å². The minimum absolute atomic E-state index is 0.153. The number of amides is 3. The van der Waals surface area contributed by atoms with Crippen molar-refractivity contribution < 1.29 is 9.59 Å². The fourth-order valence-corrected chi connectivity index (χ4v) is 3.41. The van der Waals surface area contributed by atoms with Crippen LogP contribution in [-0.2, 0) is 4.79 Å². The highest BCUT2D eigenvalue weighted by Crippen LogP contribution is 2.25. The fraction of sp³-hybridized carbons (Fsp3) is 0.200. The Morgan fingerprint density at radius 3 is 2.69 bits per heavy atom. The van der Waals surface area contributed by atoms with Crippen LogP contribution in [0.2, 0.25) is 0 Å². The highest BCUT2D eigenvalue weighted by molar-refractivity contribution is 6.04. The second-order valence-electron chi connectivity index (χ2n) is 6.38. The summed E-state index contributed by atoms with van der Waals surface area (Å²) in [5.74, 6) is -0.153. The van der Waals surface area contributed by atoms with Gasteiger partial charge in [-0.25, -0.2) is 4.79 Å². The molecule has 0 spiro atoms. The molecule has 1 saturated heterocycles. The molecule has 132 valence electrons. The molecule has 0 bridgehead atoms. The number of H-pyrrole nitrogens is 1. The molecule has 1 aromatic heterocycles. The molecule has 0 aliphatic carbocycles. The van der Waals surface area contributed by atoms with E-state index in [2.05, 4.69) is 15.6 Å². The van der Waals surface area contributed by atoms with Gasteiger partial charge in [0.15, 0.2) is 0 Å². The van der Waals surface area contributed by atoms with Crippen molar-refractivity contribution in [3.05, 3.63) is 60.8 Å². The molecule has 3 aromatic rings. The SMILES string of the molecule is O=C(Nc1cccc2[nH]ccc12)C1CCCN1C(=O)Nc1ccccc1. The van der Waals surface area contributed by atoms with Gasteiger partial charge in [-0.15, -0.1) is 0 Å². The first-order valence-electron chi connectivity index (χ1n) is 8.72. The number of nitrogens with one attached hydrogen (secondary N) is 3. The minimum Gasteiger partial charge on any atom is -0.361 e. The van der Waals surface area contributed by atoms with Crippen molar-refractivity contribution in [2.24, 2.45) is 0 Å². The van der Waals surface area contributed by atoms with Gasteiger partial charge in [0.2, 0.25) is 5.91 Å². The Balaban J connectivity index is 1.48. The summed E-state index contributed by atoms with van der Waals surface area (Å²) < 4.78 is 0. The molecule has 2 aromatic carbocycles. The number of likely N-dealkylation sites (tertiary alicyclic amines) is 1. The van der Waals surface area contributed by atoms with Gasteiger partial charge in [0.25, 0.3) is 0 Å². The van der Waals surface area contributed by atoms with Crippen molar-refractivity contribution in [1.29, 1.82) is 0 Å². The molecule has 26 heavy (non-hydrogen) atoms. The van der Waals surface area contributed by atoms with Crippen LogP contribution in [0.25, 0.3) is 10.9 Å². The third-order valence-electron chi connectivity index (χ3n) is 4.69. The maximum Gasteiger partial charge on any atom is 0.322 e. The Labute approximate surface area is 151 Å². The maximum absolute atomic E-state index is 12.8. The Hall–Kier alpha value is -3.28. The van der Waals surface area contributed by atoms with Gasteiger partial charge in [-0.3, -0.25) is 4.79 Å². The molecule has 3 amide bonds. The number of benzene rings is 2. The van der Waals surface area contributed by atoms with Gasteiger partial charge in [0.05, 0.1) is 5.69 Å². The zero-order valence-corrected chi connectivity index (χ0v) is 14.2. The van der Waals surface area contributed by atoms with E-state index in [0.717, 1.165) is 28.7 Å². The first kappa shape index (κ1) is 16.2. The van der Waals surface area contributed by atoms with Gasteiger partial charge in [-0.05, 0) is 43.2 Å². The zero-order chi connectivity index (χ0) is 17.9. The van der Waals surface area contributed by atoms with Crippen molar-refractivity contribution in [2.75, 3.05) is 17.2 Å². The summed E-state index contributed by atoms with van der Waals surface area (Å²) in [7, 11) is 0. The number of anilines is 2. The van der Waals surface area contributed by atoms with Crippen LogP contribution in [0.15, 0.2) is 60.8 Å². The molecule has 4 rings (SSSR count). The molecule has 1 atom stereocenters. The molecular weight excluding hydrogens is 328 g/mol. The molecule has 1 fully saturated rings. The average Bonchev–Trinajstić information content (AvgIpc) is 3.32. The van der Waals surface area contributed by atoms with Gasteiger partial charge in [-0.1, -0.05) is 24.3 Å². The first-order valence-corrected chi connectivity index (χ1v) is 8.72. The smallest absolute Gasteiger partial charge is 0.322 e. The molecular formula is C20H20N4O2.